The molecule has 3 heterocycles. The minimum atomic E-state index is -0.132. The summed E-state index contributed by atoms with van der Waals surface area (Å²) < 4.78 is 0. The van der Waals surface area contributed by atoms with Gasteiger partial charge in [0.25, 0.3) is 0 Å². The van der Waals surface area contributed by atoms with E-state index >= 15 is 0 Å². The van der Waals surface area contributed by atoms with Crippen molar-refractivity contribution in [3.8, 4) is 17.3 Å². The number of rotatable bonds is 2. The van der Waals surface area contributed by atoms with Gasteiger partial charge in [0.15, 0.2) is 6.19 Å². The zero-order valence-corrected chi connectivity index (χ0v) is 13.8. The van der Waals surface area contributed by atoms with Crippen LogP contribution in [0.25, 0.3) is 11.1 Å². The van der Waals surface area contributed by atoms with E-state index in [1.807, 2.05) is 47.4 Å². The smallest absolute Gasteiger partial charge is 0.319 e. The third kappa shape index (κ3) is 3.01. The van der Waals surface area contributed by atoms with E-state index < -0.39 is 0 Å². The van der Waals surface area contributed by atoms with E-state index in [1.54, 1.807) is 11.1 Å². The predicted octanol–water partition coefficient (Wildman–Crippen LogP) is 2.77. The second kappa shape index (κ2) is 6.44. The van der Waals surface area contributed by atoms with Gasteiger partial charge in [-0.3, -0.25) is 5.32 Å². The number of urea groups is 1. The average molecular weight is 333 g/mol. The van der Waals surface area contributed by atoms with E-state index in [0.717, 1.165) is 30.6 Å². The highest BCUT2D eigenvalue weighted by Gasteiger charge is 2.43. The van der Waals surface area contributed by atoms with Gasteiger partial charge in [-0.15, -0.1) is 0 Å². The van der Waals surface area contributed by atoms with Crippen LogP contribution in [0.4, 0.5) is 10.6 Å². The van der Waals surface area contributed by atoms with Gasteiger partial charge in [0.2, 0.25) is 0 Å². The van der Waals surface area contributed by atoms with Crippen LogP contribution in [0, 0.1) is 17.4 Å². The number of nitrogens with zero attached hydrogens (tertiary/aromatic N) is 4. The number of nitriles is 1. The Labute approximate surface area is 146 Å². The molecule has 25 heavy (non-hydrogen) atoms. The summed E-state index contributed by atoms with van der Waals surface area (Å²) in [5.74, 6) is 0.946. The van der Waals surface area contributed by atoms with Crippen LogP contribution in [0.5, 0.6) is 0 Å². The first-order chi connectivity index (χ1) is 12.2. The van der Waals surface area contributed by atoms with Gasteiger partial charge in [-0.2, -0.15) is 5.26 Å². The van der Waals surface area contributed by atoms with Crippen molar-refractivity contribution in [1.82, 2.24) is 14.8 Å². The Bertz CT molecular complexity index is 799. The molecule has 2 fully saturated rings. The number of benzene rings is 1. The van der Waals surface area contributed by atoms with Crippen molar-refractivity contribution in [3.63, 3.8) is 0 Å². The van der Waals surface area contributed by atoms with Gasteiger partial charge in [-0.05, 0) is 24.1 Å². The lowest BCUT2D eigenvalue weighted by Crippen LogP contribution is -2.41. The monoisotopic (exact) mass is 333 g/mol. The van der Waals surface area contributed by atoms with E-state index in [0.29, 0.717) is 18.3 Å². The Morgan fingerprint density at radius 3 is 2.72 bits per heavy atom. The molecule has 6 nitrogen and oxygen atoms in total. The number of nitrogens with one attached hydrogen (secondary N) is 1. The molecule has 2 saturated heterocycles. The zero-order chi connectivity index (χ0) is 17.2. The Morgan fingerprint density at radius 2 is 2.00 bits per heavy atom. The fraction of sp³-hybridized carbons (Fsp3) is 0.316. The SMILES string of the molecule is N#CN1C[C@H]2CCN(C(=O)Nc3ccc(-c4ccccc4)cn3)[C@H]2C1. The number of hydrogen-bond acceptors (Lipinski definition) is 4. The van der Waals surface area contributed by atoms with Crippen LogP contribution in [0.1, 0.15) is 6.42 Å². The summed E-state index contributed by atoms with van der Waals surface area (Å²) in [6.45, 7) is 2.13. The molecule has 0 unspecified atom stereocenters. The minimum absolute atomic E-state index is 0.128. The van der Waals surface area contributed by atoms with Crippen molar-refractivity contribution in [2.75, 3.05) is 25.0 Å². The molecule has 4 rings (SSSR count). The standard InChI is InChI=1S/C19H19N5O/c20-13-23-11-16-8-9-24(17(16)12-23)19(25)22-18-7-6-15(10-21-18)14-4-2-1-3-5-14/h1-7,10,16-17H,8-9,11-12H2,(H,21,22,25)/t16-,17+/m1/s1. The number of likely N-dealkylation sites (tertiary alicyclic amines) is 2. The van der Waals surface area contributed by atoms with Crippen molar-refractivity contribution in [3.05, 3.63) is 48.7 Å². The summed E-state index contributed by atoms with van der Waals surface area (Å²) in [5.41, 5.74) is 2.11. The minimum Gasteiger partial charge on any atom is -0.319 e. The van der Waals surface area contributed by atoms with E-state index in [4.69, 9.17) is 5.26 Å². The van der Waals surface area contributed by atoms with Crippen LogP contribution in [-0.2, 0) is 0 Å². The zero-order valence-electron chi connectivity index (χ0n) is 13.8. The number of anilines is 1. The second-order valence-electron chi connectivity index (χ2n) is 6.54. The largest absolute Gasteiger partial charge is 0.323 e. The number of amides is 2. The number of aromatic nitrogens is 1. The summed E-state index contributed by atoms with van der Waals surface area (Å²) >= 11 is 0. The molecule has 2 amide bonds. The fourth-order valence-electron chi connectivity index (χ4n) is 3.75. The summed E-state index contributed by atoms with van der Waals surface area (Å²) in [4.78, 5) is 20.5. The van der Waals surface area contributed by atoms with Crippen molar-refractivity contribution >= 4 is 11.8 Å². The second-order valence-corrected chi connectivity index (χ2v) is 6.54. The molecule has 2 aliphatic heterocycles. The predicted molar refractivity (Wildman–Crippen MR) is 94.5 cm³/mol. The average Bonchev–Trinajstić information content (AvgIpc) is 3.23. The molecule has 0 bridgehead atoms. The Hall–Kier alpha value is -3.07. The molecular weight excluding hydrogens is 314 g/mol. The molecule has 0 aliphatic carbocycles. The molecular formula is C19H19N5O. The van der Waals surface area contributed by atoms with Crippen molar-refractivity contribution in [1.29, 1.82) is 5.26 Å². The normalized spacial score (nSPS) is 21.7. The van der Waals surface area contributed by atoms with Crippen LogP contribution in [-0.4, -0.2) is 46.5 Å². The van der Waals surface area contributed by atoms with E-state index in [2.05, 4.69) is 16.5 Å². The van der Waals surface area contributed by atoms with Crippen LogP contribution in [0.3, 0.4) is 0 Å². The summed E-state index contributed by atoms with van der Waals surface area (Å²) in [7, 11) is 0. The van der Waals surface area contributed by atoms with Gasteiger partial charge >= 0.3 is 6.03 Å². The van der Waals surface area contributed by atoms with Gasteiger partial charge in [0, 0.05) is 37.3 Å². The molecule has 2 aliphatic rings. The van der Waals surface area contributed by atoms with Crippen LogP contribution >= 0.6 is 0 Å². The first kappa shape index (κ1) is 15.5. The topological polar surface area (TPSA) is 72.3 Å². The molecule has 0 radical (unpaired) electrons. The quantitative estimate of drug-likeness (QED) is 0.858. The number of carbonyl (C=O) groups excluding carboxylic acids is 1. The Morgan fingerprint density at radius 1 is 1.16 bits per heavy atom. The van der Waals surface area contributed by atoms with Gasteiger partial charge in [0.1, 0.15) is 5.82 Å². The highest BCUT2D eigenvalue weighted by Crippen LogP contribution is 2.31. The molecule has 0 spiro atoms. The maximum absolute atomic E-state index is 12.6. The third-order valence-corrected chi connectivity index (χ3v) is 5.06. The van der Waals surface area contributed by atoms with Crippen molar-refractivity contribution in [2.45, 2.75) is 12.5 Å². The van der Waals surface area contributed by atoms with Crippen LogP contribution in [0.2, 0.25) is 0 Å². The highest BCUT2D eigenvalue weighted by atomic mass is 16.2. The number of carbonyl (C=O) groups is 1. The van der Waals surface area contributed by atoms with Gasteiger partial charge in [-0.25, -0.2) is 9.78 Å². The summed E-state index contributed by atoms with van der Waals surface area (Å²) in [5, 5.41) is 11.9. The van der Waals surface area contributed by atoms with E-state index in [1.165, 1.54) is 0 Å². The van der Waals surface area contributed by atoms with Crippen LogP contribution < -0.4 is 5.32 Å². The molecule has 2 atom stereocenters. The molecule has 1 aromatic heterocycles. The van der Waals surface area contributed by atoms with Gasteiger partial charge in [-0.1, -0.05) is 30.3 Å². The molecule has 126 valence electrons. The first-order valence-electron chi connectivity index (χ1n) is 8.48. The molecule has 1 aromatic carbocycles. The van der Waals surface area contributed by atoms with Crippen molar-refractivity contribution in [2.24, 2.45) is 5.92 Å². The lowest BCUT2D eigenvalue weighted by atomic mass is 10.1. The van der Waals surface area contributed by atoms with Crippen LogP contribution in [0.15, 0.2) is 48.7 Å². The number of hydrogen-bond donors (Lipinski definition) is 1. The Balaban J connectivity index is 1.42. The molecule has 1 N–H and O–H groups in total. The molecule has 0 saturated carbocycles. The highest BCUT2D eigenvalue weighted by molar-refractivity contribution is 5.89. The Kier molecular flexibility index (Phi) is 3.98. The third-order valence-electron chi connectivity index (χ3n) is 5.06. The van der Waals surface area contributed by atoms with E-state index in [9.17, 15) is 4.79 Å². The number of fused-ring (bicyclic) bond motifs is 1. The maximum atomic E-state index is 12.6. The summed E-state index contributed by atoms with van der Waals surface area (Å²) in [6.07, 6.45) is 4.91. The van der Waals surface area contributed by atoms with Crippen molar-refractivity contribution < 1.29 is 4.79 Å². The van der Waals surface area contributed by atoms with Gasteiger partial charge < -0.3 is 9.80 Å². The fourth-order valence-corrected chi connectivity index (χ4v) is 3.75. The summed E-state index contributed by atoms with van der Waals surface area (Å²) in [6, 6.07) is 13.8. The lowest BCUT2D eigenvalue weighted by molar-refractivity contribution is 0.203. The molecule has 6 heteroatoms. The number of pyridine rings is 1. The van der Waals surface area contributed by atoms with E-state index in [-0.39, 0.29) is 12.1 Å². The lowest BCUT2D eigenvalue weighted by Gasteiger charge is -2.23. The maximum Gasteiger partial charge on any atom is 0.323 e. The first-order valence-corrected chi connectivity index (χ1v) is 8.48. The molecule has 2 aromatic rings. The van der Waals surface area contributed by atoms with Gasteiger partial charge in [0.05, 0.1) is 6.04 Å².